The SMILES string of the molecule is C=CCc1cc(C(c2ccccc2)C(F)(F)F)cc(CC=C)c1N. The second-order valence-electron chi connectivity index (χ2n) is 5.62. The molecule has 1 nitrogen and oxygen atoms in total. The molecule has 0 bridgehead atoms. The normalized spacial score (nSPS) is 12.6. The predicted molar refractivity (Wildman–Crippen MR) is 93.0 cm³/mol. The first-order valence-electron chi connectivity index (χ1n) is 7.63. The average Bonchev–Trinajstić information content (AvgIpc) is 2.52. The zero-order valence-corrected chi connectivity index (χ0v) is 13.3. The molecule has 0 spiro atoms. The molecular formula is C20H20F3N. The van der Waals surface area contributed by atoms with Crippen molar-refractivity contribution >= 4 is 5.69 Å². The van der Waals surface area contributed by atoms with E-state index in [1.165, 1.54) is 24.3 Å². The lowest BCUT2D eigenvalue weighted by Crippen LogP contribution is -2.22. The standard InChI is InChI=1S/C20H20F3N/c1-3-8-15-12-17(13-16(9-4-2)19(15)24)18(20(21,22)23)14-10-6-5-7-11-14/h3-7,10-13,18H,1-2,8-9,24H2. The van der Waals surface area contributed by atoms with Gasteiger partial charge < -0.3 is 5.73 Å². The van der Waals surface area contributed by atoms with E-state index < -0.39 is 12.1 Å². The highest BCUT2D eigenvalue weighted by Crippen LogP contribution is 2.41. The van der Waals surface area contributed by atoms with Gasteiger partial charge in [0.2, 0.25) is 0 Å². The van der Waals surface area contributed by atoms with E-state index >= 15 is 0 Å². The smallest absolute Gasteiger partial charge is 0.398 e. The van der Waals surface area contributed by atoms with E-state index in [0.717, 1.165) is 0 Å². The molecule has 0 heterocycles. The van der Waals surface area contributed by atoms with E-state index in [2.05, 4.69) is 13.2 Å². The van der Waals surface area contributed by atoms with Gasteiger partial charge in [0.05, 0.1) is 0 Å². The second-order valence-corrected chi connectivity index (χ2v) is 5.62. The molecule has 4 heteroatoms. The molecule has 126 valence electrons. The zero-order valence-electron chi connectivity index (χ0n) is 13.3. The maximum atomic E-state index is 13.8. The molecule has 0 fully saturated rings. The fourth-order valence-electron chi connectivity index (χ4n) is 2.84. The second kappa shape index (κ2) is 7.39. The molecule has 0 aromatic heterocycles. The minimum Gasteiger partial charge on any atom is -0.398 e. The van der Waals surface area contributed by atoms with Crippen LogP contribution in [0.1, 0.15) is 28.2 Å². The fourth-order valence-corrected chi connectivity index (χ4v) is 2.84. The van der Waals surface area contributed by atoms with Crippen LogP contribution in [0.4, 0.5) is 18.9 Å². The van der Waals surface area contributed by atoms with Crippen molar-refractivity contribution in [2.24, 2.45) is 0 Å². The van der Waals surface area contributed by atoms with Crippen LogP contribution in [0.5, 0.6) is 0 Å². The summed E-state index contributed by atoms with van der Waals surface area (Å²) in [7, 11) is 0. The first-order chi connectivity index (χ1) is 11.4. The van der Waals surface area contributed by atoms with Crippen molar-refractivity contribution in [2.75, 3.05) is 5.73 Å². The first kappa shape index (κ1) is 17.9. The molecule has 2 rings (SSSR count). The molecule has 1 unspecified atom stereocenters. The number of allylic oxidation sites excluding steroid dienone is 2. The lowest BCUT2D eigenvalue weighted by atomic mass is 9.87. The maximum absolute atomic E-state index is 13.8. The molecular weight excluding hydrogens is 311 g/mol. The van der Waals surface area contributed by atoms with Crippen molar-refractivity contribution in [1.82, 2.24) is 0 Å². The van der Waals surface area contributed by atoms with Crippen molar-refractivity contribution in [3.05, 3.63) is 90.0 Å². The number of nitrogens with two attached hydrogens (primary N) is 1. The fraction of sp³-hybridized carbons (Fsp3) is 0.200. The molecule has 0 saturated heterocycles. The van der Waals surface area contributed by atoms with E-state index in [1.54, 1.807) is 30.4 Å². The Labute approximate surface area is 140 Å². The lowest BCUT2D eigenvalue weighted by Gasteiger charge is -2.23. The van der Waals surface area contributed by atoms with Crippen LogP contribution in [0.2, 0.25) is 0 Å². The van der Waals surface area contributed by atoms with Crippen molar-refractivity contribution in [3.8, 4) is 0 Å². The van der Waals surface area contributed by atoms with Crippen molar-refractivity contribution in [1.29, 1.82) is 0 Å². The van der Waals surface area contributed by atoms with Crippen LogP contribution in [0.25, 0.3) is 0 Å². The van der Waals surface area contributed by atoms with Crippen LogP contribution in [0, 0.1) is 0 Å². The molecule has 24 heavy (non-hydrogen) atoms. The van der Waals surface area contributed by atoms with E-state index in [0.29, 0.717) is 29.7 Å². The summed E-state index contributed by atoms with van der Waals surface area (Å²) in [4.78, 5) is 0. The monoisotopic (exact) mass is 331 g/mol. The molecule has 0 aliphatic heterocycles. The molecule has 1 atom stereocenters. The van der Waals surface area contributed by atoms with Gasteiger partial charge >= 0.3 is 6.18 Å². The number of benzene rings is 2. The van der Waals surface area contributed by atoms with E-state index in [-0.39, 0.29) is 11.1 Å². The Morgan fingerprint density at radius 3 is 1.83 bits per heavy atom. The van der Waals surface area contributed by atoms with Gasteiger partial charge in [0, 0.05) is 5.69 Å². The van der Waals surface area contributed by atoms with Crippen molar-refractivity contribution in [3.63, 3.8) is 0 Å². The average molecular weight is 331 g/mol. The first-order valence-corrected chi connectivity index (χ1v) is 7.63. The third-order valence-corrected chi connectivity index (χ3v) is 3.90. The van der Waals surface area contributed by atoms with Gasteiger partial charge in [0.1, 0.15) is 5.92 Å². The highest BCUT2D eigenvalue weighted by molar-refractivity contribution is 5.58. The summed E-state index contributed by atoms with van der Waals surface area (Å²) in [5, 5.41) is 0. The molecule has 2 aromatic rings. The van der Waals surface area contributed by atoms with Gasteiger partial charge in [-0.3, -0.25) is 0 Å². The highest BCUT2D eigenvalue weighted by Gasteiger charge is 2.42. The number of hydrogen-bond acceptors (Lipinski definition) is 1. The highest BCUT2D eigenvalue weighted by atomic mass is 19.4. The minimum atomic E-state index is -4.39. The van der Waals surface area contributed by atoms with Gasteiger partial charge in [0.15, 0.2) is 0 Å². The van der Waals surface area contributed by atoms with Crippen LogP contribution in [0.3, 0.4) is 0 Å². The third kappa shape index (κ3) is 3.88. The Bertz CT molecular complexity index is 686. The van der Waals surface area contributed by atoms with Crippen LogP contribution in [-0.2, 0) is 12.8 Å². The minimum absolute atomic E-state index is 0.191. The zero-order chi connectivity index (χ0) is 17.7. The third-order valence-electron chi connectivity index (χ3n) is 3.90. The van der Waals surface area contributed by atoms with Gasteiger partial charge in [-0.05, 0) is 35.1 Å². The summed E-state index contributed by atoms with van der Waals surface area (Å²) in [5.74, 6) is -1.69. The van der Waals surface area contributed by atoms with E-state index in [4.69, 9.17) is 5.73 Å². The maximum Gasteiger partial charge on any atom is 0.399 e. The Kier molecular flexibility index (Phi) is 5.50. The molecule has 2 N–H and O–H groups in total. The number of halogens is 3. The Morgan fingerprint density at radius 2 is 1.42 bits per heavy atom. The lowest BCUT2D eigenvalue weighted by molar-refractivity contribution is -0.141. The van der Waals surface area contributed by atoms with Crippen LogP contribution in [0.15, 0.2) is 67.8 Å². The molecule has 2 aromatic carbocycles. The Hall–Kier alpha value is -2.49. The number of anilines is 1. The van der Waals surface area contributed by atoms with E-state index in [9.17, 15) is 13.2 Å². The van der Waals surface area contributed by atoms with Gasteiger partial charge in [-0.25, -0.2) is 0 Å². The largest absolute Gasteiger partial charge is 0.399 e. The molecule has 0 aliphatic rings. The predicted octanol–water partition coefficient (Wildman–Crippen LogP) is 5.42. The summed E-state index contributed by atoms with van der Waals surface area (Å²) in [6.07, 6.45) is -0.280. The van der Waals surface area contributed by atoms with Crippen molar-refractivity contribution < 1.29 is 13.2 Å². The summed E-state index contributed by atoms with van der Waals surface area (Å²) in [6, 6.07) is 11.0. The van der Waals surface area contributed by atoms with E-state index in [1.807, 2.05) is 0 Å². The number of rotatable bonds is 6. The number of hydrogen-bond donors (Lipinski definition) is 1. The Balaban J connectivity index is 2.65. The summed E-state index contributed by atoms with van der Waals surface area (Å²) < 4.78 is 41.3. The number of alkyl halides is 3. The van der Waals surface area contributed by atoms with Gasteiger partial charge in [-0.1, -0.05) is 54.6 Å². The van der Waals surface area contributed by atoms with Gasteiger partial charge in [-0.2, -0.15) is 13.2 Å². The van der Waals surface area contributed by atoms with Gasteiger partial charge in [0.25, 0.3) is 0 Å². The van der Waals surface area contributed by atoms with Crippen LogP contribution < -0.4 is 5.73 Å². The summed E-state index contributed by atoms with van der Waals surface area (Å²) in [6.45, 7) is 7.31. The summed E-state index contributed by atoms with van der Waals surface area (Å²) >= 11 is 0. The molecule has 0 amide bonds. The molecule has 0 radical (unpaired) electrons. The Morgan fingerprint density at radius 1 is 0.917 bits per heavy atom. The van der Waals surface area contributed by atoms with Gasteiger partial charge in [-0.15, -0.1) is 13.2 Å². The number of nitrogen functional groups attached to an aromatic ring is 1. The topological polar surface area (TPSA) is 26.0 Å². The van der Waals surface area contributed by atoms with Crippen LogP contribution >= 0.6 is 0 Å². The molecule has 0 aliphatic carbocycles. The van der Waals surface area contributed by atoms with Crippen LogP contribution in [-0.4, -0.2) is 6.18 Å². The summed E-state index contributed by atoms with van der Waals surface area (Å²) in [5.41, 5.74) is 8.32. The quantitative estimate of drug-likeness (QED) is 0.555. The van der Waals surface area contributed by atoms with Crippen molar-refractivity contribution in [2.45, 2.75) is 24.9 Å². The molecule has 0 saturated carbocycles.